The molecule has 3 aromatic rings. The topological polar surface area (TPSA) is 56.4 Å². The quantitative estimate of drug-likeness (QED) is 0.800. The van der Waals surface area contributed by atoms with Crippen molar-refractivity contribution in [1.82, 2.24) is 24.5 Å². The zero-order chi connectivity index (χ0) is 15.1. The van der Waals surface area contributed by atoms with Gasteiger partial charge >= 0.3 is 0 Å². The van der Waals surface area contributed by atoms with Crippen molar-refractivity contribution in [1.29, 1.82) is 0 Å². The van der Waals surface area contributed by atoms with Crippen LogP contribution in [-0.4, -0.2) is 31.8 Å². The van der Waals surface area contributed by atoms with Gasteiger partial charge in [0.15, 0.2) is 4.96 Å². The highest BCUT2D eigenvalue weighted by Crippen LogP contribution is 2.31. The van der Waals surface area contributed by atoms with Crippen molar-refractivity contribution in [2.75, 3.05) is 6.61 Å². The predicted octanol–water partition coefficient (Wildman–Crippen LogP) is 2.06. The number of imidazole rings is 1. The molecule has 116 valence electrons. The molecule has 0 unspecified atom stereocenters. The Morgan fingerprint density at radius 2 is 2.36 bits per heavy atom. The predicted molar refractivity (Wildman–Crippen MR) is 85.0 cm³/mol. The second kappa shape index (κ2) is 5.49. The SMILES string of the molecule is Cc1nn(C)cc1[C@@H]1OCC[C@H]1NCc1cn2ccnc2s1. The molecule has 4 heterocycles. The van der Waals surface area contributed by atoms with Crippen LogP contribution in [-0.2, 0) is 18.3 Å². The molecule has 4 rings (SSSR count). The summed E-state index contributed by atoms with van der Waals surface area (Å²) in [5.41, 5.74) is 2.24. The van der Waals surface area contributed by atoms with E-state index in [-0.39, 0.29) is 6.10 Å². The lowest BCUT2D eigenvalue weighted by molar-refractivity contribution is 0.0980. The third kappa shape index (κ3) is 2.45. The molecule has 6 nitrogen and oxygen atoms in total. The van der Waals surface area contributed by atoms with Gasteiger partial charge in [0.05, 0.1) is 5.69 Å². The van der Waals surface area contributed by atoms with Crippen LogP contribution in [0.1, 0.15) is 28.7 Å². The highest BCUT2D eigenvalue weighted by Gasteiger charge is 2.31. The number of ether oxygens (including phenoxy) is 1. The second-order valence-electron chi connectivity index (χ2n) is 5.73. The lowest BCUT2D eigenvalue weighted by Crippen LogP contribution is -2.31. The number of hydrogen-bond acceptors (Lipinski definition) is 5. The summed E-state index contributed by atoms with van der Waals surface area (Å²) in [6.07, 6.45) is 9.14. The van der Waals surface area contributed by atoms with E-state index < -0.39 is 0 Å². The largest absolute Gasteiger partial charge is 0.372 e. The fourth-order valence-electron chi connectivity index (χ4n) is 3.09. The van der Waals surface area contributed by atoms with Crippen LogP contribution in [0.5, 0.6) is 0 Å². The number of fused-ring (bicyclic) bond motifs is 1. The summed E-state index contributed by atoms with van der Waals surface area (Å²) in [6, 6.07) is 0.331. The van der Waals surface area contributed by atoms with E-state index in [1.807, 2.05) is 31.0 Å². The van der Waals surface area contributed by atoms with Gasteiger partial charge in [-0.3, -0.25) is 9.08 Å². The maximum absolute atomic E-state index is 5.95. The Kier molecular flexibility index (Phi) is 3.48. The fraction of sp³-hybridized carbons (Fsp3) is 0.467. The molecular weight excluding hydrogens is 298 g/mol. The number of rotatable bonds is 4. The maximum Gasteiger partial charge on any atom is 0.193 e. The van der Waals surface area contributed by atoms with Gasteiger partial charge in [0.25, 0.3) is 0 Å². The van der Waals surface area contributed by atoms with Gasteiger partial charge in [-0.15, -0.1) is 11.3 Å². The Morgan fingerprint density at radius 1 is 1.45 bits per heavy atom. The van der Waals surface area contributed by atoms with E-state index in [9.17, 15) is 0 Å². The molecule has 0 aliphatic carbocycles. The normalized spacial score (nSPS) is 21.9. The first kappa shape index (κ1) is 13.9. The maximum atomic E-state index is 5.95. The van der Waals surface area contributed by atoms with E-state index in [1.54, 1.807) is 11.3 Å². The minimum Gasteiger partial charge on any atom is -0.372 e. The summed E-state index contributed by atoms with van der Waals surface area (Å²) in [5.74, 6) is 0. The van der Waals surface area contributed by atoms with E-state index >= 15 is 0 Å². The van der Waals surface area contributed by atoms with Crippen molar-refractivity contribution in [3.8, 4) is 0 Å². The summed E-state index contributed by atoms with van der Waals surface area (Å²) in [7, 11) is 1.95. The lowest BCUT2D eigenvalue weighted by atomic mass is 10.0. The highest BCUT2D eigenvalue weighted by atomic mass is 32.1. The van der Waals surface area contributed by atoms with Crippen molar-refractivity contribution in [2.45, 2.75) is 32.0 Å². The van der Waals surface area contributed by atoms with E-state index in [2.05, 4.69) is 32.2 Å². The second-order valence-corrected chi connectivity index (χ2v) is 6.82. The molecule has 0 aromatic carbocycles. The van der Waals surface area contributed by atoms with Gasteiger partial charge in [0.2, 0.25) is 0 Å². The number of nitrogens with one attached hydrogen (secondary N) is 1. The third-order valence-corrected chi connectivity index (χ3v) is 5.14. The first-order valence-electron chi connectivity index (χ1n) is 7.47. The molecule has 0 bridgehead atoms. The smallest absolute Gasteiger partial charge is 0.193 e. The minimum absolute atomic E-state index is 0.0951. The molecule has 0 amide bonds. The number of aromatic nitrogens is 4. The molecule has 1 aliphatic rings. The van der Waals surface area contributed by atoms with Crippen LogP contribution < -0.4 is 5.32 Å². The van der Waals surface area contributed by atoms with E-state index in [4.69, 9.17) is 4.74 Å². The van der Waals surface area contributed by atoms with Gasteiger partial charge < -0.3 is 10.1 Å². The minimum atomic E-state index is 0.0951. The molecule has 2 atom stereocenters. The summed E-state index contributed by atoms with van der Waals surface area (Å²) >= 11 is 1.72. The number of nitrogens with zero attached hydrogens (tertiary/aromatic N) is 4. The average Bonchev–Trinajstić information content (AvgIpc) is 3.19. The average molecular weight is 317 g/mol. The third-order valence-electron chi connectivity index (χ3n) is 4.13. The van der Waals surface area contributed by atoms with Crippen molar-refractivity contribution in [3.63, 3.8) is 0 Å². The molecule has 1 saturated heterocycles. The molecule has 1 N–H and O–H groups in total. The van der Waals surface area contributed by atoms with Crippen molar-refractivity contribution >= 4 is 16.3 Å². The zero-order valence-corrected chi connectivity index (χ0v) is 13.5. The molecular formula is C15H19N5OS. The Labute approximate surface area is 132 Å². The van der Waals surface area contributed by atoms with Crippen molar-refractivity contribution < 1.29 is 4.74 Å². The molecule has 1 fully saturated rings. The number of aryl methyl sites for hydroxylation is 2. The highest BCUT2D eigenvalue weighted by molar-refractivity contribution is 7.17. The van der Waals surface area contributed by atoms with Crippen LogP contribution >= 0.6 is 11.3 Å². The van der Waals surface area contributed by atoms with E-state index in [0.717, 1.165) is 30.2 Å². The first-order valence-corrected chi connectivity index (χ1v) is 8.29. The lowest BCUT2D eigenvalue weighted by Gasteiger charge is -2.19. The Bertz CT molecular complexity index is 760. The zero-order valence-electron chi connectivity index (χ0n) is 12.7. The molecule has 3 aromatic heterocycles. The van der Waals surface area contributed by atoms with Gasteiger partial charge in [-0.05, 0) is 13.3 Å². The standard InChI is InChI=1S/C15H19N5OS/c1-10-12(9-19(2)18-10)14-13(3-6-21-14)17-7-11-8-20-5-4-16-15(20)22-11/h4-5,8-9,13-14,17H,3,6-7H2,1-2H3/t13-,14+/m1/s1. The molecule has 0 radical (unpaired) electrons. The Morgan fingerprint density at radius 3 is 3.14 bits per heavy atom. The number of thiazole rings is 1. The van der Waals surface area contributed by atoms with E-state index in [0.29, 0.717) is 6.04 Å². The van der Waals surface area contributed by atoms with Gasteiger partial charge in [-0.25, -0.2) is 4.98 Å². The van der Waals surface area contributed by atoms with Crippen LogP contribution in [0.25, 0.3) is 4.96 Å². The molecule has 0 saturated carbocycles. The van der Waals surface area contributed by atoms with Gasteiger partial charge in [-0.1, -0.05) is 0 Å². The van der Waals surface area contributed by atoms with E-state index in [1.165, 1.54) is 10.4 Å². The number of hydrogen-bond donors (Lipinski definition) is 1. The van der Waals surface area contributed by atoms with Crippen LogP contribution in [0.3, 0.4) is 0 Å². The molecule has 22 heavy (non-hydrogen) atoms. The summed E-state index contributed by atoms with van der Waals surface area (Å²) in [4.78, 5) is 6.64. The van der Waals surface area contributed by atoms with Crippen LogP contribution in [0.2, 0.25) is 0 Å². The molecule has 7 heteroatoms. The fourth-order valence-corrected chi connectivity index (χ4v) is 3.98. The summed E-state index contributed by atoms with van der Waals surface area (Å²) < 4.78 is 9.87. The van der Waals surface area contributed by atoms with Crippen LogP contribution in [0.4, 0.5) is 0 Å². The molecule has 1 aliphatic heterocycles. The summed E-state index contributed by atoms with van der Waals surface area (Å²) in [6.45, 7) is 3.69. The molecule has 0 spiro atoms. The van der Waals surface area contributed by atoms with Crippen LogP contribution in [0, 0.1) is 6.92 Å². The Balaban J connectivity index is 1.47. The van der Waals surface area contributed by atoms with Gasteiger partial charge in [-0.2, -0.15) is 5.10 Å². The van der Waals surface area contributed by atoms with Gasteiger partial charge in [0.1, 0.15) is 6.10 Å². The first-order chi connectivity index (χ1) is 10.7. The monoisotopic (exact) mass is 317 g/mol. The van der Waals surface area contributed by atoms with Crippen molar-refractivity contribution in [3.05, 3.63) is 40.9 Å². The van der Waals surface area contributed by atoms with Crippen LogP contribution in [0.15, 0.2) is 24.8 Å². The Hall–Kier alpha value is -1.70. The van der Waals surface area contributed by atoms with Gasteiger partial charge in [0, 0.05) is 61.5 Å². The summed E-state index contributed by atoms with van der Waals surface area (Å²) in [5, 5.41) is 8.07. The van der Waals surface area contributed by atoms with Crippen molar-refractivity contribution in [2.24, 2.45) is 7.05 Å².